The maximum Gasteiger partial charge on any atom is 0.235 e. The molecule has 1 unspecified atom stereocenters. The average Bonchev–Trinajstić information content (AvgIpc) is 2.30. The van der Waals surface area contributed by atoms with E-state index < -0.39 is 0 Å². The second kappa shape index (κ2) is 7.38. The van der Waals surface area contributed by atoms with Crippen molar-refractivity contribution < 1.29 is 9.16 Å². The molecule has 0 aliphatic heterocycles. The highest BCUT2D eigenvalue weighted by molar-refractivity contribution is 6.29. The SMILES string of the molecule is C=Cc1ccccc1CO[Si]C(C)COC. The third kappa shape index (κ3) is 4.31. The summed E-state index contributed by atoms with van der Waals surface area (Å²) in [5.41, 5.74) is 2.79. The smallest absolute Gasteiger partial charge is 0.235 e. The fraction of sp³-hybridized carbons (Fsp3) is 0.385. The van der Waals surface area contributed by atoms with Crippen molar-refractivity contribution in [3.63, 3.8) is 0 Å². The summed E-state index contributed by atoms with van der Waals surface area (Å²) >= 11 is 0. The molecule has 0 saturated carbocycles. The Morgan fingerprint density at radius 1 is 1.44 bits per heavy atom. The van der Waals surface area contributed by atoms with Gasteiger partial charge in [0.05, 0.1) is 6.61 Å². The number of benzene rings is 1. The summed E-state index contributed by atoms with van der Waals surface area (Å²) in [7, 11) is 2.19. The van der Waals surface area contributed by atoms with Crippen LogP contribution < -0.4 is 0 Å². The molecule has 0 aliphatic carbocycles. The summed E-state index contributed by atoms with van der Waals surface area (Å²) in [4.78, 5) is 0. The van der Waals surface area contributed by atoms with Crippen LogP contribution in [-0.2, 0) is 15.8 Å². The van der Waals surface area contributed by atoms with E-state index in [4.69, 9.17) is 9.16 Å². The van der Waals surface area contributed by atoms with Gasteiger partial charge >= 0.3 is 0 Å². The lowest BCUT2D eigenvalue weighted by Crippen LogP contribution is -2.10. The molecule has 0 heterocycles. The van der Waals surface area contributed by atoms with Gasteiger partial charge in [-0.2, -0.15) is 0 Å². The third-order valence-electron chi connectivity index (χ3n) is 2.20. The predicted octanol–water partition coefficient (Wildman–Crippen LogP) is 2.92. The summed E-state index contributed by atoms with van der Waals surface area (Å²) < 4.78 is 10.7. The van der Waals surface area contributed by atoms with Gasteiger partial charge in [0.2, 0.25) is 9.76 Å². The standard InChI is InChI=1S/C13H18O2Si/c1-4-12-7-5-6-8-13(12)10-15-16-11(2)9-14-3/h4-8,11H,1,9-10H2,2-3H3. The fourth-order valence-electron chi connectivity index (χ4n) is 1.41. The van der Waals surface area contributed by atoms with Crippen LogP contribution in [0.1, 0.15) is 18.1 Å². The second-order valence-electron chi connectivity index (χ2n) is 3.67. The highest BCUT2D eigenvalue weighted by atomic mass is 28.2. The molecule has 0 fully saturated rings. The maximum absolute atomic E-state index is 5.68. The molecule has 1 aromatic carbocycles. The van der Waals surface area contributed by atoms with Crippen LogP contribution in [0, 0.1) is 0 Å². The van der Waals surface area contributed by atoms with Crippen LogP contribution in [0.4, 0.5) is 0 Å². The van der Waals surface area contributed by atoms with Gasteiger partial charge in [-0.15, -0.1) is 0 Å². The Hall–Kier alpha value is -0.903. The Labute approximate surface area is 100 Å². The molecule has 1 rings (SSSR count). The first-order valence-corrected chi connectivity index (χ1v) is 6.33. The maximum atomic E-state index is 5.68. The van der Waals surface area contributed by atoms with Gasteiger partial charge in [-0.05, 0) is 16.7 Å². The molecule has 16 heavy (non-hydrogen) atoms. The third-order valence-corrected chi connectivity index (χ3v) is 3.08. The molecule has 2 nitrogen and oxygen atoms in total. The molecule has 1 aromatic rings. The van der Waals surface area contributed by atoms with Gasteiger partial charge in [0.15, 0.2) is 0 Å². The molecule has 86 valence electrons. The van der Waals surface area contributed by atoms with Gasteiger partial charge in [-0.25, -0.2) is 0 Å². The van der Waals surface area contributed by atoms with E-state index in [0.717, 1.165) is 12.2 Å². The van der Waals surface area contributed by atoms with Crippen LogP contribution in [0.25, 0.3) is 6.08 Å². The monoisotopic (exact) mass is 234 g/mol. The van der Waals surface area contributed by atoms with E-state index in [1.54, 1.807) is 7.11 Å². The van der Waals surface area contributed by atoms with Crippen LogP contribution >= 0.6 is 0 Å². The Bertz CT molecular complexity index is 325. The van der Waals surface area contributed by atoms with E-state index in [1.165, 1.54) is 5.56 Å². The number of hydrogen-bond acceptors (Lipinski definition) is 2. The predicted molar refractivity (Wildman–Crippen MR) is 68.4 cm³/mol. The van der Waals surface area contributed by atoms with Crippen molar-refractivity contribution in [1.82, 2.24) is 0 Å². The summed E-state index contributed by atoms with van der Waals surface area (Å²) in [5, 5.41) is 0. The number of ether oxygens (including phenoxy) is 1. The molecule has 0 amide bonds. The van der Waals surface area contributed by atoms with E-state index in [0.29, 0.717) is 21.9 Å². The van der Waals surface area contributed by atoms with Crippen molar-refractivity contribution in [3.8, 4) is 0 Å². The van der Waals surface area contributed by atoms with Crippen LogP contribution in [0.15, 0.2) is 30.8 Å². The van der Waals surface area contributed by atoms with Crippen molar-refractivity contribution in [3.05, 3.63) is 42.0 Å². The first kappa shape index (κ1) is 13.2. The van der Waals surface area contributed by atoms with E-state index in [2.05, 4.69) is 19.6 Å². The molecule has 0 N–H and O–H groups in total. The van der Waals surface area contributed by atoms with Crippen molar-refractivity contribution >= 4 is 15.8 Å². The Morgan fingerprint density at radius 2 is 2.19 bits per heavy atom. The summed E-state index contributed by atoms with van der Waals surface area (Å²) in [6, 6.07) is 8.15. The summed E-state index contributed by atoms with van der Waals surface area (Å²) in [6.07, 6.45) is 1.86. The van der Waals surface area contributed by atoms with E-state index >= 15 is 0 Å². The van der Waals surface area contributed by atoms with Gasteiger partial charge in [0.25, 0.3) is 0 Å². The largest absolute Gasteiger partial charge is 0.413 e. The summed E-state index contributed by atoms with van der Waals surface area (Å²) in [6.45, 7) is 7.32. The van der Waals surface area contributed by atoms with Gasteiger partial charge in [0.1, 0.15) is 0 Å². The Balaban J connectivity index is 2.39. The van der Waals surface area contributed by atoms with E-state index in [-0.39, 0.29) is 0 Å². The molecule has 0 aromatic heterocycles. The Kier molecular flexibility index (Phi) is 6.07. The van der Waals surface area contributed by atoms with Crippen molar-refractivity contribution in [1.29, 1.82) is 0 Å². The van der Waals surface area contributed by atoms with Crippen LogP contribution in [-0.4, -0.2) is 23.5 Å². The van der Waals surface area contributed by atoms with E-state index in [1.807, 2.05) is 24.3 Å². The average molecular weight is 234 g/mol. The zero-order valence-corrected chi connectivity index (χ0v) is 10.9. The normalized spacial score (nSPS) is 12.4. The van der Waals surface area contributed by atoms with Crippen molar-refractivity contribution in [2.75, 3.05) is 13.7 Å². The molecular formula is C13H18O2Si. The molecule has 2 radical (unpaired) electrons. The van der Waals surface area contributed by atoms with Crippen molar-refractivity contribution in [2.45, 2.75) is 19.1 Å². The molecule has 1 atom stereocenters. The molecule has 0 spiro atoms. The molecule has 0 saturated heterocycles. The Morgan fingerprint density at radius 3 is 2.88 bits per heavy atom. The van der Waals surface area contributed by atoms with Crippen LogP contribution in [0.3, 0.4) is 0 Å². The summed E-state index contributed by atoms with van der Waals surface area (Å²) in [5.74, 6) is 0. The highest BCUT2D eigenvalue weighted by Gasteiger charge is 2.05. The molecular weight excluding hydrogens is 216 g/mol. The fourth-order valence-corrected chi connectivity index (χ4v) is 2.17. The molecule has 0 bridgehead atoms. The first-order chi connectivity index (χ1) is 7.77. The number of rotatable bonds is 7. The lowest BCUT2D eigenvalue weighted by molar-refractivity contribution is 0.191. The lowest BCUT2D eigenvalue weighted by Gasteiger charge is -2.10. The van der Waals surface area contributed by atoms with Gasteiger partial charge < -0.3 is 9.16 Å². The topological polar surface area (TPSA) is 18.5 Å². The first-order valence-electron chi connectivity index (χ1n) is 5.34. The minimum absolute atomic E-state index is 0.459. The van der Waals surface area contributed by atoms with Crippen LogP contribution in [0.2, 0.25) is 5.54 Å². The zero-order valence-electron chi connectivity index (χ0n) is 9.90. The van der Waals surface area contributed by atoms with Gasteiger partial charge in [-0.1, -0.05) is 43.8 Å². The van der Waals surface area contributed by atoms with Gasteiger partial charge in [0, 0.05) is 13.7 Å². The lowest BCUT2D eigenvalue weighted by atomic mass is 10.1. The number of methoxy groups -OCH3 is 1. The highest BCUT2D eigenvalue weighted by Crippen LogP contribution is 2.12. The minimum Gasteiger partial charge on any atom is -0.413 e. The van der Waals surface area contributed by atoms with Crippen molar-refractivity contribution in [2.24, 2.45) is 0 Å². The minimum atomic E-state index is 0.459. The zero-order chi connectivity index (χ0) is 11.8. The van der Waals surface area contributed by atoms with Gasteiger partial charge in [-0.3, -0.25) is 0 Å². The second-order valence-corrected chi connectivity index (χ2v) is 5.18. The van der Waals surface area contributed by atoms with Crippen LogP contribution in [0.5, 0.6) is 0 Å². The van der Waals surface area contributed by atoms with E-state index in [9.17, 15) is 0 Å². The quantitative estimate of drug-likeness (QED) is 0.675. The molecule has 0 aliphatic rings. The number of hydrogen-bond donors (Lipinski definition) is 0. The molecule has 3 heteroatoms.